The third-order valence-electron chi connectivity index (χ3n) is 5.44. The van der Waals surface area contributed by atoms with Gasteiger partial charge in [0.25, 0.3) is 0 Å². The highest BCUT2D eigenvalue weighted by Gasteiger charge is 2.57. The lowest BCUT2D eigenvalue weighted by Crippen LogP contribution is -2.50. The van der Waals surface area contributed by atoms with Gasteiger partial charge in [-0.2, -0.15) is 0 Å². The number of carbonyl (C=O) groups is 1. The largest absolute Gasteiger partial charge is 0.339 e. The number of hydrogen-bond acceptors (Lipinski definition) is 2. The number of amides is 1. The zero-order valence-corrected chi connectivity index (χ0v) is 11.7. The van der Waals surface area contributed by atoms with Crippen LogP contribution in [0.4, 0.5) is 0 Å². The maximum Gasteiger partial charge on any atom is 0.223 e. The van der Waals surface area contributed by atoms with Crippen molar-refractivity contribution < 1.29 is 4.79 Å². The Morgan fingerprint density at radius 1 is 1.50 bits per heavy atom. The molecule has 0 saturated carbocycles. The summed E-state index contributed by atoms with van der Waals surface area (Å²) in [4.78, 5) is 14.5. The van der Waals surface area contributed by atoms with Crippen molar-refractivity contribution >= 4 is 5.91 Å². The van der Waals surface area contributed by atoms with Crippen LogP contribution < -0.4 is 5.32 Å². The molecule has 1 amide bonds. The lowest BCUT2D eigenvalue weighted by atomic mass is 9.63. The summed E-state index contributed by atoms with van der Waals surface area (Å²) in [6, 6.07) is 0.566. The van der Waals surface area contributed by atoms with Gasteiger partial charge in [-0.25, -0.2) is 0 Å². The van der Waals surface area contributed by atoms with E-state index >= 15 is 0 Å². The van der Waals surface area contributed by atoms with Crippen LogP contribution in [-0.4, -0.2) is 36.5 Å². The number of piperidine rings is 1. The van der Waals surface area contributed by atoms with Gasteiger partial charge < -0.3 is 10.2 Å². The summed E-state index contributed by atoms with van der Waals surface area (Å²) in [5.41, 5.74) is 0.309. The lowest BCUT2D eigenvalue weighted by Gasteiger charge is -2.45. The first kappa shape index (κ1) is 12.5. The molecule has 0 bridgehead atoms. The highest BCUT2D eigenvalue weighted by atomic mass is 16.2. The Labute approximate surface area is 110 Å². The van der Waals surface area contributed by atoms with Crippen LogP contribution in [0.3, 0.4) is 0 Å². The van der Waals surface area contributed by atoms with Crippen molar-refractivity contribution in [1.82, 2.24) is 10.2 Å². The van der Waals surface area contributed by atoms with Gasteiger partial charge in [0, 0.05) is 24.4 Å². The van der Waals surface area contributed by atoms with Crippen LogP contribution in [-0.2, 0) is 4.79 Å². The molecule has 0 aromatic rings. The van der Waals surface area contributed by atoms with Gasteiger partial charge in [0.1, 0.15) is 0 Å². The number of carbonyl (C=O) groups excluding carboxylic acids is 1. The van der Waals surface area contributed by atoms with E-state index in [4.69, 9.17) is 0 Å². The fourth-order valence-corrected chi connectivity index (χ4v) is 4.73. The molecule has 0 aromatic carbocycles. The summed E-state index contributed by atoms with van der Waals surface area (Å²) >= 11 is 0. The van der Waals surface area contributed by atoms with Gasteiger partial charge in [-0.15, -0.1) is 0 Å². The van der Waals surface area contributed by atoms with E-state index in [1.807, 2.05) is 0 Å². The standard InChI is InChI=1S/C15H26N2O/c1-11(2)8-12-10-16-6-5-15(12)9-14(18)17-7-3-4-13(15)17/h11-13,16H,3-10H2,1-2H3. The number of fused-ring (bicyclic) bond motifs is 2. The van der Waals surface area contributed by atoms with E-state index in [2.05, 4.69) is 24.1 Å². The molecule has 1 spiro atoms. The Bertz CT molecular complexity index is 341. The molecule has 102 valence electrons. The normalized spacial score (nSPS) is 39.9. The first-order chi connectivity index (χ1) is 8.63. The van der Waals surface area contributed by atoms with Crippen LogP contribution in [0, 0.1) is 17.3 Å². The number of nitrogens with zero attached hydrogens (tertiary/aromatic N) is 1. The number of rotatable bonds is 2. The summed E-state index contributed by atoms with van der Waals surface area (Å²) in [5.74, 6) is 1.87. The highest BCUT2D eigenvalue weighted by molar-refractivity contribution is 5.80. The second-order valence-corrected chi connectivity index (χ2v) is 6.94. The van der Waals surface area contributed by atoms with Crippen molar-refractivity contribution in [2.24, 2.45) is 17.3 Å². The molecular formula is C15H26N2O. The molecule has 18 heavy (non-hydrogen) atoms. The van der Waals surface area contributed by atoms with Crippen LogP contribution in [0.2, 0.25) is 0 Å². The minimum atomic E-state index is 0.309. The van der Waals surface area contributed by atoms with Gasteiger partial charge >= 0.3 is 0 Å². The minimum Gasteiger partial charge on any atom is -0.339 e. The quantitative estimate of drug-likeness (QED) is 0.813. The zero-order valence-electron chi connectivity index (χ0n) is 11.7. The molecule has 0 radical (unpaired) electrons. The molecule has 3 rings (SSSR count). The molecule has 3 unspecified atom stereocenters. The molecule has 3 fully saturated rings. The van der Waals surface area contributed by atoms with Gasteiger partial charge in [-0.1, -0.05) is 13.8 Å². The number of hydrogen-bond donors (Lipinski definition) is 1. The van der Waals surface area contributed by atoms with E-state index in [0.29, 0.717) is 23.3 Å². The average Bonchev–Trinajstić information content (AvgIpc) is 2.87. The fraction of sp³-hybridized carbons (Fsp3) is 0.933. The first-order valence-electron chi connectivity index (χ1n) is 7.63. The fourth-order valence-electron chi connectivity index (χ4n) is 4.73. The van der Waals surface area contributed by atoms with Crippen LogP contribution >= 0.6 is 0 Å². The number of nitrogens with one attached hydrogen (secondary N) is 1. The van der Waals surface area contributed by atoms with Crippen LogP contribution in [0.5, 0.6) is 0 Å². The Kier molecular flexibility index (Phi) is 3.13. The maximum absolute atomic E-state index is 12.3. The molecule has 0 aliphatic carbocycles. The lowest BCUT2D eigenvalue weighted by molar-refractivity contribution is -0.127. The van der Waals surface area contributed by atoms with Crippen molar-refractivity contribution in [3.63, 3.8) is 0 Å². The van der Waals surface area contributed by atoms with Crippen molar-refractivity contribution in [2.75, 3.05) is 19.6 Å². The van der Waals surface area contributed by atoms with E-state index in [1.165, 1.54) is 25.7 Å². The smallest absolute Gasteiger partial charge is 0.223 e. The van der Waals surface area contributed by atoms with E-state index in [0.717, 1.165) is 32.0 Å². The summed E-state index contributed by atoms with van der Waals surface area (Å²) in [6.07, 6.45) is 5.78. The molecule has 1 N–H and O–H groups in total. The predicted molar refractivity (Wildman–Crippen MR) is 72.2 cm³/mol. The van der Waals surface area contributed by atoms with Gasteiger partial charge in [0.2, 0.25) is 5.91 Å². The van der Waals surface area contributed by atoms with Gasteiger partial charge in [0.05, 0.1) is 0 Å². The topological polar surface area (TPSA) is 32.3 Å². The Hall–Kier alpha value is -0.570. The summed E-state index contributed by atoms with van der Waals surface area (Å²) in [5, 5.41) is 3.56. The summed E-state index contributed by atoms with van der Waals surface area (Å²) in [6.45, 7) is 7.87. The molecule has 3 aliphatic rings. The van der Waals surface area contributed by atoms with E-state index in [9.17, 15) is 4.79 Å². The molecule has 3 saturated heterocycles. The summed E-state index contributed by atoms with van der Waals surface area (Å²) < 4.78 is 0. The monoisotopic (exact) mass is 250 g/mol. The summed E-state index contributed by atoms with van der Waals surface area (Å²) in [7, 11) is 0. The van der Waals surface area contributed by atoms with E-state index < -0.39 is 0 Å². The van der Waals surface area contributed by atoms with Crippen LogP contribution in [0.25, 0.3) is 0 Å². The van der Waals surface area contributed by atoms with Gasteiger partial charge in [0.15, 0.2) is 0 Å². The van der Waals surface area contributed by atoms with Crippen LogP contribution in [0.15, 0.2) is 0 Å². The molecule has 3 heterocycles. The van der Waals surface area contributed by atoms with Gasteiger partial charge in [-0.05, 0) is 50.6 Å². The maximum atomic E-state index is 12.3. The highest BCUT2D eigenvalue weighted by Crippen LogP contribution is 2.53. The Morgan fingerprint density at radius 2 is 2.33 bits per heavy atom. The molecule has 3 aliphatic heterocycles. The third kappa shape index (κ3) is 1.78. The van der Waals surface area contributed by atoms with E-state index in [-0.39, 0.29) is 0 Å². The Morgan fingerprint density at radius 3 is 3.11 bits per heavy atom. The van der Waals surface area contributed by atoms with Crippen molar-refractivity contribution in [3.8, 4) is 0 Å². The predicted octanol–water partition coefficient (Wildman–Crippen LogP) is 2.02. The SMILES string of the molecule is CC(C)CC1CNCCC12CC(=O)N1CCCC12. The van der Waals surface area contributed by atoms with Gasteiger partial charge in [-0.3, -0.25) is 4.79 Å². The third-order valence-corrected chi connectivity index (χ3v) is 5.44. The second-order valence-electron chi connectivity index (χ2n) is 6.94. The van der Waals surface area contributed by atoms with Crippen molar-refractivity contribution in [2.45, 2.75) is 52.0 Å². The molecule has 0 aromatic heterocycles. The zero-order chi connectivity index (χ0) is 12.8. The Balaban J connectivity index is 1.88. The second kappa shape index (κ2) is 4.52. The molecular weight excluding hydrogens is 224 g/mol. The molecule has 3 nitrogen and oxygen atoms in total. The molecule has 3 heteroatoms. The van der Waals surface area contributed by atoms with Crippen molar-refractivity contribution in [3.05, 3.63) is 0 Å². The van der Waals surface area contributed by atoms with Crippen LogP contribution in [0.1, 0.15) is 46.0 Å². The van der Waals surface area contributed by atoms with Crippen molar-refractivity contribution in [1.29, 1.82) is 0 Å². The average molecular weight is 250 g/mol. The minimum absolute atomic E-state index is 0.309. The van der Waals surface area contributed by atoms with E-state index in [1.54, 1.807) is 0 Å². The first-order valence-corrected chi connectivity index (χ1v) is 7.63. The molecule has 3 atom stereocenters.